The van der Waals surface area contributed by atoms with Gasteiger partial charge in [0, 0.05) is 24.9 Å². The Morgan fingerprint density at radius 3 is 2.63 bits per heavy atom. The number of rotatable bonds is 5. The zero-order valence-corrected chi connectivity index (χ0v) is 12.6. The Balaban J connectivity index is 2.14. The van der Waals surface area contributed by atoms with Crippen LogP contribution >= 0.6 is 23.2 Å². The normalized spacial score (nSPS) is 27.0. The summed E-state index contributed by atoms with van der Waals surface area (Å²) in [5.41, 5.74) is 1.13. The second kappa shape index (κ2) is 6.15. The van der Waals surface area contributed by atoms with Gasteiger partial charge in [-0.1, -0.05) is 43.7 Å². The van der Waals surface area contributed by atoms with Crippen LogP contribution in [0.2, 0.25) is 0 Å². The van der Waals surface area contributed by atoms with Crippen molar-refractivity contribution in [3.63, 3.8) is 0 Å². The first-order valence-corrected chi connectivity index (χ1v) is 7.61. The van der Waals surface area contributed by atoms with Crippen molar-refractivity contribution in [1.29, 1.82) is 0 Å². The van der Waals surface area contributed by atoms with Gasteiger partial charge >= 0.3 is 0 Å². The molecule has 0 radical (unpaired) electrons. The van der Waals surface area contributed by atoms with Gasteiger partial charge in [0.05, 0.1) is 0 Å². The first-order chi connectivity index (χ1) is 9.11. The zero-order chi connectivity index (χ0) is 13.9. The van der Waals surface area contributed by atoms with Crippen LogP contribution in [0.5, 0.6) is 0 Å². The molecule has 1 aromatic carbocycles. The first kappa shape index (κ1) is 14.7. The summed E-state index contributed by atoms with van der Waals surface area (Å²) in [7, 11) is 0. The van der Waals surface area contributed by atoms with Gasteiger partial charge < -0.3 is 4.90 Å². The zero-order valence-electron chi connectivity index (χ0n) is 11.1. The van der Waals surface area contributed by atoms with Crippen LogP contribution in [0.1, 0.15) is 25.3 Å². The molecule has 0 unspecified atom stereocenters. The van der Waals surface area contributed by atoms with Crippen LogP contribution in [-0.4, -0.2) is 28.1 Å². The molecule has 2 atom stereocenters. The quantitative estimate of drug-likeness (QED) is 0.760. The van der Waals surface area contributed by atoms with Crippen LogP contribution in [0, 0.1) is 5.92 Å². The Morgan fingerprint density at radius 1 is 1.37 bits per heavy atom. The Labute approximate surface area is 124 Å². The molecule has 104 valence electrons. The fourth-order valence-electron chi connectivity index (χ4n) is 2.72. The highest BCUT2D eigenvalue weighted by Gasteiger charge is 2.51. The fraction of sp³-hybridized carbons (Fsp3) is 0.533. The largest absolute Gasteiger partial charge is 0.336 e. The third-order valence-electron chi connectivity index (χ3n) is 3.75. The lowest BCUT2D eigenvalue weighted by Gasteiger charge is -2.24. The van der Waals surface area contributed by atoms with E-state index in [9.17, 15) is 4.79 Å². The number of hydrogen-bond acceptors (Lipinski definition) is 1. The standard InChI is InChI=1S/C15H19Cl2NO/c1-2-8-15(17)13(9-16)11-18(14(15)19)10-12-6-4-3-5-7-12/h3-7,13H,2,8-11H2,1H3/t13-,15-/m0/s1. The number of carbonyl (C=O) groups excluding carboxylic acids is 1. The smallest absolute Gasteiger partial charge is 0.244 e. The number of alkyl halides is 2. The van der Waals surface area contributed by atoms with Crippen molar-refractivity contribution in [3.8, 4) is 0 Å². The molecule has 1 aliphatic heterocycles. The second-order valence-electron chi connectivity index (χ2n) is 5.13. The van der Waals surface area contributed by atoms with Crippen molar-refractivity contribution in [2.45, 2.75) is 31.2 Å². The number of hydrogen-bond donors (Lipinski definition) is 0. The lowest BCUT2D eigenvalue weighted by Crippen LogP contribution is -2.38. The van der Waals surface area contributed by atoms with E-state index >= 15 is 0 Å². The summed E-state index contributed by atoms with van der Waals surface area (Å²) in [6.45, 7) is 3.31. The van der Waals surface area contributed by atoms with Crippen molar-refractivity contribution >= 4 is 29.1 Å². The molecule has 2 rings (SSSR count). The summed E-state index contributed by atoms with van der Waals surface area (Å²) in [5.74, 6) is 0.498. The fourth-order valence-corrected chi connectivity index (χ4v) is 3.61. The van der Waals surface area contributed by atoms with Crippen molar-refractivity contribution in [2.75, 3.05) is 12.4 Å². The molecule has 1 heterocycles. The summed E-state index contributed by atoms with van der Waals surface area (Å²) in [6.07, 6.45) is 1.58. The van der Waals surface area contributed by atoms with Crippen LogP contribution in [0.15, 0.2) is 30.3 Å². The van der Waals surface area contributed by atoms with E-state index in [-0.39, 0.29) is 11.8 Å². The maximum Gasteiger partial charge on any atom is 0.244 e. The predicted molar refractivity (Wildman–Crippen MR) is 79.6 cm³/mol. The van der Waals surface area contributed by atoms with Gasteiger partial charge in [0.25, 0.3) is 0 Å². The molecule has 0 N–H and O–H groups in total. The molecule has 0 aromatic heterocycles. The summed E-state index contributed by atoms with van der Waals surface area (Å²) in [6, 6.07) is 9.98. The number of nitrogens with zero attached hydrogens (tertiary/aromatic N) is 1. The number of amides is 1. The predicted octanol–water partition coefficient (Wildman–Crippen LogP) is 3.66. The minimum absolute atomic E-state index is 0.0329. The maximum atomic E-state index is 12.5. The minimum atomic E-state index is -0.800. The highest BCUT2D eigenvalue weighted by Crippen LogP contribution is 2.40. The van der Waals surface area contributed by atoms with Crippen molar-refractivity contribution in [1.82, 2.24) is 4.90 Å². The van der Waals surface area contributed by atoms with E-state index in [1.54, 1.807) is 0 Å². The van der Waals surface area contributed by atoms with Crippen molar-refractivity contribution in [2.24, 2.45) is 5.92 Å². The monoisotopic (exact) mass is 299 g/mol. The van der Waals surface area contributed by atoms with Gasteiger partial charge in [0.1, 0.15) is 4.87 Å². The van der Waals surface area contributed by atoms with Crippen LogP contribution in [0.25, 0.3) is 0 Å². The van der Waals surface area contributed by atoms with Gasteiger partial charge in [-0.15, -0.1) is 23.2 Å². The SMILES string of the molecule is CCC[C@@]1(Cl)C(=O)N(Cc2ccccc2)C[C@@H]1CCl. The molecule has 0 spiro atoms. The molecule has 1 aliphatic rings. The molecule has 2 nitrogen and oxygen atoms in total. The first-order valence-electron chi connectivity index (χ1n) is 6.70. The van der Waals surface area contributed by atoms with Crippen molar-refractivity contribution < 1.29 is 4.79 Å². The average Bonchev–Trinajstić information content (AvgIpc) is 2.65. The summed E-state index contributed by atoms with van der Waals surface area (Å²) in [5, 5.41) is 0. The number of halogens is 2. The van der Waals surface area contributed by atoms with E-state index in [1.807, 2.05) is 42.2 Å². The Hall–Kier alpha value is -0.730. The molecule has 19 heavy (non-hydrogen) atoms. The van der Waals surface area contributed by atoms with E-state index in [4.69, 9.17) is 23.2 Å². The van der Waals surface area contributed by atoms with Crippen LogP contribution < -0.4 is 0 Å². The highest BCUT2D eigenvalue weighted by atomic mass is 35.5. The van der Waals surface area contributed by atoms with Gasteiger partial charge in [-0.25, -0.2) is 0 Å². The lowest BCUT2D eigenvalue weighted by molar-refractivity contribution is -0.130. The third-order valence-corrected chi connectivity index (χ3v) is 4.78. The topological polar surface area (TPSA) is 20.3 Å². The number of likely N-dealkylation sites (tertiary alicyclic amines) is 1. The highest BCUT2D eigenvalue weighted by molar-refractivity contribution is 6.36. The molecular formula is C15H19Cl2NO. The van der Waals surface area contributed by atoms with Gasteiger partial charge in [0.15, 0.2) is 0 Å². The molecule has 1 aromatic rings. The van der Waals surface area contributed by atoms with Gasteiger partial charge in [-0.3, -0.25) is 4.79 Å². The molecule has 1 amide bonds. The molecule has 0 aliphatic carbocycles. The van der Waals surface area contributed by atoms with Crippen LogP contribution in [-0.2, 0) is 11.3 Å². The van der Waals surface area contributed by atoms with Crippen molar-refractivity contribution in [3.05, 3.63) is 35.9 Å². The molecule has 1 saturated heterocycles. The second-order valence-corrected chi connectivity index (χ2v) is 6.12. The summed E-state index contributed by atoms with van der Waals surface area (Å²) < 4.78 is 0. The molecule has 0 saturated carbocycles. The molecule has 1 fully saturated rings. The third kappa shape index (κ3) is 2.90. The van der Waals surface area contributed by atoms with E-state index in [0.29, 0.717) is 25.4 Å². The van der Waals surface area contributed by atoms with Gasteiger partial charge in [0.2, 0.25) is 5.91 Å². The molecular weight excluding hydrogens is 281 g/mol. The maximum absolute atomic E-state index is 12.5. The number of benzene rings is 1. The van der Waals surface area contributed by atoms with E-state index in [1.165, 1.54) is 0 Å². The van der Waals surface area contributed by atoms with E-state index in [2.05, 4.69) is 0 Å². The van der Waals surface area contributed by atoms with Gasteiger partial charge in [-0.2, -0.15) is 0 Å². The molecule has 0 bridgehead atoms. The molecule has 4 heteroatoms. The Morgan fingerprint density at radius 2 is 2.05 bits per heavy atom. The summed E-state index contributed by atoms with van der Waals surface area (Å²) >= 11 is 12.6. The number of carbonyl (C=O) groups is 1. The van der Waals surface area contributed by atoms with Gasteiger partial charge in [-0.05, 0) is 12.0 Å². The van der Waals surface area contributed by atoms with Crippen LogP contribution in [0.3, 0.4) is 0 Å². The average molecular weight is 300 g/mol. The van der Waals surface area contributed by atoms with E-state index < -0.39 is 4.87 Å². The van der Waals surface area contributed by atoms with E-state index in [0.717, 1.165) is 12.0 Å². The minimum Gasteiger partial charge on any atom is -0.336 e. The Bertz CT molecular complexity index is 437. The van der Waals surface area contributed by atoms with Crippen LogP contribution in [0.4, 0.5) is 0 Å². The lowest BCUT2D eigenvalue weighted by atomic mass is 9.92. The Kier molecular flexibility index (Phi) is 4.75. The summed E-state index contributed by atoms with van der Waals surface area (Å²) in [4.78, 5) is 13.6.